The fraction of sp³-hybridized carbons (Fsp3) is 0.333. The Hall–Kier alpha value is -2.11. The van der Waals surface area contributed by atoms with Gasteiger partial charge in [-0.3, -0.25) is 5.32 Å². The second-order valence-corrected chi connectivity index (χ2v) is 4.39. The molecule has 5 nitrogen and oxygen atoms in total. The van der Waals surface area contributed by atoms with Crippen molar-refractivity contribution in [1.29, 1.82) is 0 Å². The van der Waals surface area contributed by atoms with Gasteiger partial charge in [0.05, 0.1) is 5.54 Å². The predicted octanol–water partition coefficient (Wildman–Crippen LogP) is 1.58. The third-order valence-corrected chi connectivity index (χ3v) is 3.19. The summed E-state index contributed by atoms with van der Waals surface area (Å²) in [4.78, 5) is 22.1. The lowest BCUT2D eigenvalue weighted by atomic mass is 9.72. The van der Waals surface area contributed by atoms with Gasteiger partial charge in [0, 0.05) is 0 Å². The quantitative estimate of drug-likeness (QED) is 0.745. The normalized spacial score (nSPS) is 16.5. The Morgan fingerprint density at radius 3 is 2.28 bits per heavy atom. The number of primary amides is 1. The van der Waals surface area contributed by atoms with Crippen LogP contribution < -0.4 is 16.4 Å². The van der Waals surface area contributed by atoms with Gasteiger partial charge in [0.15, 0.2) is 0 Å². The van der Waals surface area contributed by atoms with Gasteiger partial charge in [0.25, 0.3) is 0 Å². The van der Waals surface area contributed by atoms with Crippen LogP contribution in [0, 0.1) is 5.82 Å². The van der Waals surface area contributed by atoms with Crippen LogP contribution in [-0.4, -0.2) is 12.1 Å². The van der Waals surface area contributed by atoms with E-state index in [2.05, 4.69) is 5.32 Å². The number of nitrogens with one attached hydrogen (secondary N) is 2. The minimum absolute atomic E-state index is 0.324. The first-order chi connectivity index (χ1) is 8.52. The maximum atomic E-state index is 12.9. The summed E-state index contributed by atoms with van der Waals surface area (Å²) in [5.74, 6) is -0.324. The van der Waals surface area contributed by atoms with Gasteiger partial charge in [0.2, 0.25) is 0 Å². The standard InChI is InChI=1S/C12H14FN3O2/c13-9-4-2-8(3-5-9)12(6-1-7-12)16-11(18)15-10(14)17/h2-5H,1,6-7H2,(H4,14,15,16,17,18). The van der Waals surface area contributed by atoms with Crippen molar-refractivity contribution in [2.75, 3.05) is 0 Å². The maximum absolute atomic E-state index is 12.9. The van der Waals surface area contributed by atoms with Crippen molar-refractivity contribution >= 4 is 12.1 Å². The zero-order valence-corrected chi connectivity index (χ0v) is 9.70. The lowest BCUT2D eigenvalue weighted by Crippen LogP contribution is -2.55. The van der Waals surface area contributed by atoms with Crippen molar-refractivity contribution in [3.05, 3.63) is 35.6 Å². The van der Waals surface area contributed by atoms with Gasteiger partial charge in [0.1, 0.15) is 5.82 Å². The molecule has 6 heteroatoms. The number of carbonyl (C=O) groups excluding carboxylic acids is 2. The summed E-state index contributed by atoms with van der Waals surface area (Å²) >= 11 is 0. The first kappa shape index (κ1) is 12.3. The zero-order chi connectivity index (χ0) is 13.2. The summed E-state index contributed by atoms with van der Waals surface area (Å²) in [5.41, 5.74) is 5.18. The molecular weight excluding hydrogens is 237 g/mol. The number of nitrogens with two attached hydrogens (primary N) is 1. The average Bonchev–Trinajstić information content (AvgIpc) is 2.24. The molecule has 4 amide bonds. The minimum atomic E-state index is -0.902. The van der Waals surface area contributed by atoms with Gasteiger partial charge >= 0.3 is 12.1 Å². The molecule has 0 aliphatic heterocycles. The predicted molar refractivity (Wildman–Crippen MR) is 63.2 cm³/mol. The first-order valence-electron chi connectivity index (χ1n) is 5.66. The SMILES string of the molecule is NC(=O)NC(=O)NC1(c2ccc(F)cc2)CCC1. The molecule has 4 N–H and O–H groups in total. The highest BCUT2D eigenvalue weighted by Crippen LogP contribution is 2.41. The number of halogens is 1. The van der Waals surface area contributed by atoms with Crippen LogP contribution in [0.5, 0.6) is 0 Å². The number of imide groups is 1. The number of carbonyl (C=O) groups is 2. The molecule has 1 aromatic rings. The fourth-order valence-corrected chi connectivity index (χ4v) is 2.15. The maximum Gasteiger partial charge on any atom is 0.323 e. The molecule has 0 bridgehead atoms. The molecule has 1 saturated carbocycles. The van der Waals surface area contributed by atoms with Crippen molar-refractivity contribution in [3.63, 3.8) is 0 Å². The molecule has 1 aliphatic rings. The summed E-state index contributed by atoms with van der Waals surface area (Å²) in [5, 5.41) is 4.69. The van der Waals surface area contributed by atoms with E-state index in [4.69, 9.17) is 5.73 Å². The Balaban J connectivity index is 2.13. The van der Waals surface area contributed by atoms with Crippen LogP contribution in [0.15, 0.2) is 24.3 Å². The largest absolute Gasteiger partial charge is 0.351 e. The van der Waals surface area contributed by atoms with E-state index in [0.29, 0.717) is 0 Å². The van der Waals surface area contributed by atoms with Crippen LogP contribution in [0.1, 0.15) is 24.8 Å². The van der Waals surface area contributed by atoms with Crippen LogP contribution in [0.25, 0.3) is 0 Å². The van der Waals surface area contributed by atoms with Crippen molar-refractivity contribution in [1.82, 2.24) is 10.6 Å². The van der Waals surface area contributed by atoms with Gasteiger partial charge in [-0.15, -0.1) is 0 Å². The minimum Gasteiger partial charge on any atom is -0.351 e. The lowest BCUT2D eigenvalue weighted by Gasteiger charge is -2.42. The van der Waals surface area contributed by atoms with Crippen LogP contribution in [0.2, 0.25) is 0 Å². The number of hydrogen-bond acceptors (Lipinski definition) is 2. The molecule has 0 atom stereocenters. The van der Waals surface area contributed by atoms with Crippen molar-refractivity contribution in [2.24, 2.45) is 5.73 Å². The fourth-order valence-electron chi connectivity index (χ4n) is 2.15. The number of amides is 4. The Kier molecular flexibility index (Phi) is 3.18. The Bertz CT molecular complexity index is 469. The van der Waals surface area contributed by atoms with Crippen molar-refractivity contribution in [3.8, 4) is 0 Å². The summed E-state index contributed by atoms with van der Waals surface area (Å²) in [6.07, 6.45) is 2.48. The molecular formula is C12H14FN3O2. The topological polar surface area (TPSA) is 84.2 Å². The molecule has 1 aromatic carbocycles. The molecule has 1 aliphatic carbocycles. The second-order valence-electron chi connectivity index (χ2n) is 4.39. The van der Waals surface area contributed by atoms with Crippen LogP contribution in [0.3, 0.4) is 0 Å². The lowest BCUT2D eigenvalue weighted by molar-refractivity contribution is 0.177. The highest BCUT2D eigenvalue weighted by molar-refractivity contribution is 5.92. The third kappa shape index (κ3) is 2.42. The average molecular weight is 251 g/mol. The molecule has 0 saturated heterocycles. The van der Waals surface area contributed by atoms with Crippen LogP contribution in [-0.2, 0) is 5.54 Å². The van der Waals surface area contributed by atoms with E-state index in [1.54, 1.807) is 12.1 Å². The second kappa shape index (κ2) is 4.64. The van der Waals surface area contributed by atoms with Gasteiger partial charge in [-0.2, -0.15) is 0 Å². The van der Waals surface area contributed by atoms with Crippen LogP contribution >= 0.6 is 0 Å². The molecule has 2 rings (SSSR count). The van der Waals surface area contributed by atoms with E-state index < -0.39 is 17.6 Å². The third-order valence-electron chi connectivity index (χ3n) is 3.19. The molecule has 0 spiro atoms. The molecule has 1 fully saturated rings. The molecule has 0 aromatic heterocycles. The van der Waals surface area contributed by atoms with E-state index in [1.807, 2.05) is 5.32 Å². The van der Waals surface area contributed by atoms with E-state index in [0.717, 1.165) is 24.8 Å². The molecule has 96 valence electrons. The van der Waals surface area contributed by atoms with Crippen molar-refractivity contribution in [2.45, 2.75) is 24.8 Å². The Morgan fingerprint density at radius 2 is 1.83 bits per heavy atom. The van der Waals surface area contributed by atoms with Gasteiger partial charge in [-0.05, 0) is 37.0 Å². The Labute approximate surface area is 104 Å². The number of hydrogen-bond donors (Lipinski definition) is 3. The summed E-state index contributed by atoms with van der Waals surface area (Å²) < 4.78 is 12.9. The smallest absolute Gasteiger partial charge is 0.323 e. The zero-order valence-electron chi connectivity index (χ0n) is 9.70. The van der Waals surface area contributed by atoms with Gasteiger partial charge in [-0.1, -0.05) is 12.1 Å². The molecule has 18 heavy (non-hydrogen) atoms. The molecule has 0 radical (unpaired) electrons. The highest BCUT2D eigenvalue weighted by Gasteiger charge is 2.40. The summed E-state index contributed by atoms with van der Waals surface area (Å²) in [6.45, 7) is 0. The first-order valence-corrected chi connectivity index (χ1v) is 5.66. The summed E-state index contributed by atoms with van der Waals surface area (Å²) in [7, 11) is 0. The highest BCUT2D eigenvalue weighted by atomic mass is 19.1. The van der Waals surface area contributed by atoms with E-state index in [9.17, 15) is 14.0 Å². The van der Waals surface area contributed by atoms with Crippen LogP contribution in [0.4, 0.5) is 14.0 Å². The van der Waals surface area contributed by atoms with Gasteiger partial charge < -0.3 is 11.1 Å². The number of benzene rings is 1. The van der Waals surface area contributed by atoms with E-state index >= 15 is 0 Å². The summed E-state index contributed by atoms with van der Waals surface area (Å²) in [6, 6.07) is 4.44. The molecule has 0 heterocycles. The molecule has 0 unspecified atom stereocenters. The number of urea groups is 2. The van der Waals surface area contributed by atoms with Gasteiger partial charge in [-0.25, -0.2) is 14.0 Å². The Morgan fingerprint density at radius 1 is 1.22 bits per heavy atom. The van der Waals surface area contributed by atoms with E-state index in [-0.39, 0.29) is 5.82 Å². The monoisotopic (exact) mass is 251 g/mol. The van der Waals surface area contributed by atoms with E-state index in [1.165, 1.54) is 12.1 Å². The van der Waals surface area contributed by atoms with Crippen molar-refractivity contribution < 1.29 is 14.0 Å². The number of rotatable bonds is 2.